The van der Waals surface area contributed by atoms with Gasteiger partial charge in [-0.05, 0) is 29.3 Å². The molecule has 2 aromatic rings. The van der Waals surface area contributed by atoms with Gasteiger partial charge in [0.15, 0.2) is 0 Å². The standard InChI is InChI=1S/C14H12FNO2/c1-18-14(17)7-10-6-12(9-16-8-10)11-2-4-13(15)5-3-11/h2-6,8-9H,7H2,1H3. The third-order valence-electron chi connectivity index (χ3n) is 2.55. The number of hydrogen-bond donors (Lipinski definition) is 0. The first kappa shape index (κ1) is 12.2. The third-order valence-corrected chi connectivity index (χ3v) is 2.55. The quantitative estimate of drug-likeness (QED) is 0.780. The van der Waals surface area contributed by atoms with Gasteiger partial charge in [-0.2, -0.15) is 0 Å². The second kappa shape index (κ2) is 5.40. The first-order valence-corrected chi connectivity index (χ1v) is 5.46. The van der Waals surface area contributed by atoms with Gasteiger partial charge in [-0.3, -0.25) is 9.78 Å². The van der Waals surface area contributed by atoms with E-state index in [1.54, 1.807) is 24.5 Å². The minimum Gasteiger partial charge on any atom is -0.469 e. The number of halogens is 1. The SMILES string of the molecule is COC(=O)Cc1cncc(-c2ccc(F)cc2)c1. The maximum absolute atomic E-state index is 12.8. The highest BCUT2D eigenvalue weighted by Gasteiger charge is 2.05. The van der Waals surface area contributed by atoms with E-state index in [0.717, 1.165) is 16.7 Å². The fourth-order valence-corrected chi connectivity index (χ4v) is 1.62. The second-order valence-corrected chi connectivity index (χ2v) is 3.84. The largest absolute Gasteiger partial charge is 0.469 e. The molecule has 1 aromatic heterocycles. The summed E-state index contributed by atoms with van der Waals surface area (Å²) in [4.78, 5) is 15.2. The predicted octanol–water partition coefficient (Wildman–Crippen LogP) is 2.60. The van der Waals surface area contributed by atoms with E-state index in [1.807, 2.05) is 6.07 Å². The summed E-state index contributed by atoms with van der Waals surface area (Å²) < 4.78 is 17.4. The van der Waals surface area contributed by atoms with Crippen molar-refractivity contribution in [3.8, 4) is 11.1 Å². The lowest BCUT2D eigenvalue weighted by Crippen LogP contribution is -2.04. The van der Waals surface area contributed by atoms with E-state index < -0.39 is 0 Å². The Hall–Kier alpha value is -2.23. The summed E-state index contributed by atoms with van der Waals surface area (Å²) in [6.07, 6.45) is 3.47. The van der Waals surface area contributed by atoms with Crippen LogP contribution in [0.2, 0.25) is 0 Å². The van der Waals surface area contributed by atoms with Gasteiger partial charge in [0.1, 0.15) is 5.82 Å². The van der Waals surface area contributed by atoms with E-state index in [4.69, 9.17) is 0 Å². The Bertz CT molecular complexity index is 552. The van der Waals surface area contributed by atoms with Gasteiger partial charge in [-0.15, -0.1) is 0 Å². The van der Waals surface area contributed by atoms with E-state index in [2.05, 4.69) is 9.72 Å². The van der Waals surface area contributed by atoms with Crippen molar-refractivity contribution in [2.24, 2.45) is 0 Å². The molecule has 0 aliphatic heterocycles. The molecule has 1 heterocycles. The molecule has 0 fully saturated rings. The van der Waals surface area contributed by atoms with E-state index in [9.17, 15) is 9.18 Å². The van der Waals surface area contributed by atoms with Crippen molar-refractivity contribution in [3.05, 3.63) is 54.1 Å². The molecule has 3 nitrogen and oxygen atoms in total. The molecular weight excluding hydrogens is 233 g/mol. The molecule has 0 saturated carbocycles. The molecule has 0 bridgehead atoms. The number of ether oxygens (including phenoxy) is 1. The molecule has 0 spiro atoms. The van der Waals surface area contributed by atoms with Crippen LogP contribution >= 0.6 is 0 Å². The zero-order valence-electron chi connectivity index (χ0n) is 9.89. The van der Waals surface area contributed by atoms with Crippen molar-refractivity contribution in [2.45, 2.75) is 6.42 Å². The van der Waals surface area contributed by atoms with Gasteiger partial charge in [0.25, 0.3) is 0 Å². The molecule has 0 amide bonds. The lowest BCUT2D eigenvalue weighted by Gasteiger charge is -2.04. The van der Waals surface area contributed by atoms with Crippen molar-refractivity contribution in [1.82, 2.24) is 4.98 Å². The highest BCUT2D eigenvalue weighted by molar-refractivity contribution is 5.73. The average molecular weight is 245 g/mol. The highest BCUT2D eigenvalue weighted by Crippen LogP contribution is 2.19. The topological polar surface area (TPSA) is 39.2 Å². The van der Waals surface area contributed by atoms with Crippen LogP contribution < -0.4 is 0 Å². The molecule has 2 rings (SSSR count). The number of benzene rings is 1. The number of methoxy groups -OCH3 is 1. The van der Waals surface area contributed by atoms with Gasteiger partial charge < -0.3 is 4.74 Å². The van der Waals surface area contributed by atoms with Gasteiger partial charge in [0, 0.05) is 18.0 Å². The van der Waals surface area contributed by atoms with Crippen LogP contribution in [0.1, 0.15) is 5.56 Å². The monoisotopic (exact) mass is 245 g/mol. The van der Waals surface area contributed by atoms with Gasteiger partial charge in [-0.25, -0.2) is 4.39 Å². The van der Waals surface area contributed by atoms with Crippen LogP contribution in [0.4, 0.5) is 4.39 Å². The number of carbonyl (C=O) groups is 1. The Labute approximate surface area is 104 Å². The minimum atomic E-state index is -0.312. The fraction of sp³-hybridized carbons (Fsp3) is 0.143. The molecule has 1 aromatic carbocycles. The summed E-state index contributed by atoms with van der Waals surface area (Å²) in [6.45, 7) is 0. The first-order chi connectivity index (χ1) is 8.69. The predicted molar refractivity (Wildman–Crippen MR) is 65.4 cm³/mol. The Balaban J connectivity index is 2.26. The summed E-state index contributed by atoms with van der Waals surface area (Å²) >= 11 is 0. The molecule has 0 N–H and O–H groups in total. The summed E-state index contributed by atoms with van der Waals surface area (Å²) in [5, 5.41) is 0. The lowest BCUT2D eigenvalue weighted by atomic mass is 10.1. The maximum atomic E-state index is 12.8. The fourth-order valence-electron chi connectivity index (χ4n) is 1.62. The number of hydrogen-bond acceptors (Lipinski definition) is 3. The molecule has 92 valence electrons. The van der Waals surface area contributed by atoms with E-state index in [0.29, 0.717) is 0 Å². The summed E-state index contributed by atoms with van der Waals surface area (Å²) in [5.41, 5.74) is 2.47. The zero-order chi connectivity index (χ0) is 13.0. The Morgan fingerprint density at radius 1 is 1.22 bits per heavy atom. The summed E-state index contributed by atoms with van der Waals surface area (Å²) in [5.74, 6) is -0.592. The number of carbonyl (C=O) groups excluding carboxylic acids is 1. The van der Waals surface area contributed by atoms with Crippen LogP contribution in [0.3, 0.4) is 0 Å². The van der Waals surface area contributed by atoms with Crippen LogP contribution in [-0.4, -0.2) is 18.1 Å². The first-order valence-electron chi connectivity index (χ1n) is 5.46. The van der Waals surface area contributed by atoms with E-state index in [1.165, 1.54) is 19.2 Å². The Morgan fingerprint density at radius 2 is 1.94 bits per heavy atom. The molecule has 18 heavy (non-hydrogen) atoms. The smallest absolute Gasteiger partial charge is 0.310 e. The van der Waals surface area contributed by atoms with Crippen LogP contribution in [0.25, 0.3) is 11.1 Å². The summed E-state index contributed by atoms with van der Waals surface area (Å²) in [7, 11) is 1.35. The van der Waals surface area contributed by atoms with Crippen molar-refractivity contribution in [1.29, 1.82) is 0 Å². The molecular formula is C14H12FNO2. The highest BCUT2D eigenvalue weighted by atomic mass is 19.1. The molecule has 0 aliphatic carbocycles. The van der Waals surface area contributed by atoms with Crippen LogP contribution in [0.15, 0.2) is 42.7 Å². The molecule has 0 aliphatic rings. The van der Waals surface area contributed by atoms with Crippen LogP contribution in [0.5, 0.6) is 0 Å². The van der Waals surface area contributed by atoms with Gasteiger partial charge in [0.2, 0.25) is 0 Å². The molecule has 4 heteroatoms. The van der Waals surface area contributed by atoms with Crippen molar-refractivity contribution >= 4 is 5.97 Å². The molecule has 0 atom stereocenters. The lowest BCUT2D eigenvalue weighted by molar-refractivity contribution is -0.139. The summed E-state index contributed by atoms with van der Waals surface area (Å²) in [6, 6.07) is 7.98. The van der Waals surface area contributed by atoms with E-state index in [-0.39, 0.29) is 18.2 Å². The zero-order valence-corrected chi connectivity index (χ0v) is 9.89. The Morgan fingerprint density at radius 3 is 2.61 bits per heavy atom. The van der Waals surface area contributed by atoms with Gasteiger partial charge in [-0.1, -0.05) is 12.1 Å². The Kier molecular flexibility index (Phi) is 3.67. The van der Waals surface area contributed by atoms with Crippen molar-refractivity contribution in [3.63, 3.8) is 0 Å². The second-order valence-electron chi connectivity index (χ2n) is 3.84. The van der Waals surface area contributed by atoms with Gasteiger partial charge >= 0.3 is 5.97 Å². The van der Waals surface area contributed by atoms with Crippen molar-refractivity contribution in [2.75, 3.05) is 7.11 Å². The van der Waals surface area contributed by atoms with E-state index >= 15 is 0 Å². The molecule has 0 radical (unpaired) electrons. The molecule has 0 unspecified atom stereocenters. The number of pyridine rings is 1. The number of nitrogens with zero attached hydrogens (tertiary/aromatic N) is 1. The number of aromatic nitrogens is 1. The third kappa shape index (κ3) is 2.91. The van der Waals surface area contributed by atoms with Crippen LogP contribution in [0, 0.1) is 5.82 Å². The number of rotatable bonds is 3. The van der Waals surface area contributed by atoms with Crippen molar-refractivity contribution < 1.29 is 13.9 Å². The molecule has 0 saturated heterocycles. The average Bonchev–Trinajstić information content (AvgIpc) is 2.40. The normalized spacial score (nSPS) is 10.1. The van der Waals surface area contributed by atoms with Crippen LogP contribution in [-0.2, 0) is 16.0 Å². The van der Waals surface area contributed by atoms with Gasteiger partial charge in [0.05, 0.1) is 13.5 Å². The minimum absolute atomic E-state index is 0.179. The maximum Gasteiger partial charge on any atom is 0.310 e. The number of esters is 1.